The molecule has 116 valence electrons. The van der Waals surface area contributed by atoms with Gasteiger partial charge in [0, 0.05) is 18.7 Å². The van der Waals surface area contributed by atoms with Gasteiger partial charge in [-0.05, 0) is 31.2 Å². The molecule has 1 aliphatic heterocycles. The number of anilines is 2. The molecule has 0 spiro atoms. The van der Waals surface area contributed by atoms with Gasteiger partial charge < -0.3 is 10.2 Å². The van der Waals surface area contributed by atoms with Gasteiger partial charge in [0.05, 0.1) is 6.04 Å². The summed E-state index contributed by atoms with van der Waals surface area (Å²) in [6.07, 6.45) is 0.454. The molecule has 0 radical (unpaired) electrons. The summed E-state index contributed by atoms with van der Waals surface area (Å²) in [5, 5.41) is 15.8. The van der Waals surface area contributed by atoms with Crippen molar-refractivity contribution in [3.05, 3.63) is 48.3 Å². The molecule has 7 heteroatoms. The van der Waals surface area contributed by atoms with Gasteiger partial charge in [0.25, 0.3) is 0 Å². The number of carbonyl (C=O) groups is 1. The lowest BCUT2D eigenvalue weighted by Gasteiger charge is -2.17. The Morgan fingerprint density at radius 2 is 1.96 bits per heavy atom. The number of aryl methyl sites for hydroxylation is 1. The van der Waals surface area contributed by atoms with E-state index in [1.54, 1.807) is 9.42 Å². The number of nitrogens with zero attached hydrogens (tertiary/aromatic N) is 5. The van der Waals surface area contributed by atoms with E-state index in [0.29, 0.717) is 24.4 Å². The Kier molecular flexibility index (Phi) is 3.18. The molecule has 1 aromatic carbocycles. The molecular weight excluding hydrogens is 292 g/mol. The predicted octanol–water partition coefficient (Wildman–Crippen LogP) is 1.65. The van der Waals surface area contributed by atoms with Crippen LogP contribution < -0.4 is 10.2 Å². The Morgan fingerprint density at radius 1 is 1.13 bits per heavy atom. The normalized spacial score (nSPS) is 17.9. The number of rotatable bonds is 3. The first-order chi connectivity index (χ1) is 11.2. The van der Waals surface area contributed by atoms with Crippen LogP contribution >= 0.6 is 0 Å². The molecule has 1 atom stereocenters. The summed E-state index contributed by atoms with van der Waals surface area (Å²) < 4.78 is 1.69. The van der Waals surface area contributed by atoms with Crippen LogP contribution in [0.1, 0.15) is 12.2 Å². The summed E-state index contributed by atoms with van der Waals surface area (Å²) in [7, 11) is 0. The molecular formula is C16H16N6O. The predicted molar refractivity (Wildman–Crippen MR) is 86.3 cm³/mol. The standard InChI is InChI=1S/C16H16N6O/c1-11-18-19-15-8-7-14(20-22(11)15)17-12-9-16(23)21(10-12)13-5-3-2-4-6-13/h2-8,12H,9-10H2,1H3,(H,17,20). The number of hydrogen-bond acceptors (Lipinski definition) is 5. The third-order valence-corrected chi connectivity index (χ3v) is 3.96. The van der Waals surface area contributed by atoms with Crippen LogP contribution in [-0.2, 0) is 4.79 Å². The lowest BCUT2D eigenvalue weighted by atomic mass is 10.2. The first-order valence-corrected chi connectivity index (χ1v) is 7.52. The minimum Gasteiger partial charge on any atom is -0.364 e. The highest BCUT2D eigenvalue weighted by Gasteiger charge is 2.30. The van der Waals surface area contributed by atoms with Crippen LogP contribution in [0.3, 0.4) is 0 Å². The van der Waals surface area contributed by atoms with E-state index in [1.165, 1.54) is 0 Å². The molecule has 23 heavy (non-hydrogen) atoms. The van der Waals surface area contributed by atoms with Gasteiger partial charge in [0.15, 0.2) is 11.5 Å². The lowest BCUT2D eigenvalue weighted by molar-refractivity contribution is -0.117. The summed E-state index contributed by atoms with van der Waals surface area (Å²) in [6, 6.07) is 13.5. The summed E-state index contributed by atoms with van der Waals surface area (Å²) in [5.41, 5.74) is 1.64. The molecule has 1 N–H and O–H groups in total. The van der Waals surface area contributed by atoms with E-state index in [1.807, 2.05) is 49.4 Å². The van der Waals surface area contributed by atoms with Crippen molar-refractivity contribution in [1.82, 2.24) is 19.8 Å². The van der Waals surface area contributed by atoms with Crippen molar-refractivity contribution in [1.29, 1.82) is 0 Å². The molecule has 3 heterocycles. The number of amides is 1. The molecule has 0 aliphatic carbocycles. The van der Waals surface area contributed by atoms with Gasteiger partial charge in [-0.15, -0.1) is 15.3 Å². The highest BCUT2D eigenvalue weighted by Crippen LogP contribution is 2.22. The van der Waals surface area contributed by atoms with Crippen LogP contribution in [0.15, 0.2) is 42.5 Å². The van der Waals surface area contributed by atoms with Crippen molar-refractivity contribution in [2.45, 2.75) is 19.4 Å². The number of para-hydroxylation sites is 1. The van der Waals surface area contributed by atoms with E-state index in [2.05, 4.69) is 20.6 Å². The van der Waals surface area contributed by atoms with Crippen LogP contribution in [0, 0.1) is 6.92 Å². The molecule has 4 rings (SSSR count). The second-order valence-corrected chi connectivity index (χ2v) is 5.62. The lowest BCUT2D eigenvalue weighted by Crippen LogP contribution is -2.27. The van der Waals surface area contributed by atoms with E-state index in [-0.39, 0.29) is 11.9 Å². The van der Waals surface area contributed by atoms with Crippen molar-refractivity contribution >= 4 is 23.1 Å². The Bertz CT molecular complexity index is 859. The Balaban J connectivity index is 1.53. The van der Waals surface area contributed by atoms with Crippen LogP contribution in [0.5, 0.6) is 0 Å². The van der Waals surface area contributed by atoms with E-state index < -0.39 is 0 Å². The highest BCUT2D eigenvalue weighted by atomic mass is 16.2. The summed E-state index contributed by atoms with van der Waals surface area (Å²) in [5.74, 6) is 1.57. The molecule has 7 nitrogen and oxygen atoms in total. The van der Waals surface area contributed by atoms with Crippen molar-refractivity contribution in [2.24, 2.45) is 0 Å². The summed E-state index contributed by atoms with van der Waals surface area (Å²) >= 11 is 0. The van der Waals surface area contributed by atoms with Crippen molar-refractivity contribution in [2.75, 3.05) is 16.8 Å². The molecule has 2 aromatic heterocycles. The monoisotopic (exact) mass is 308 g/mol. The number of fused-ring (bicyclic) bond motifs is 1. The van der Waals surface area contributed by atoms with Gasteiger partial charge in [0.1, 0.15) is 5.82 Å². The van der Waals surface area contributed by atoms with Gasteiger partial charge in [-0.1, -0.05) is 18.2 Å². The second-order valence-electron chi connectivity index (χ2n) is 5.62. The average molecular weight is 308 g/mol. The number of carbonyl (C=O) groups excluding carboxylic acids is 1. The van der Waals surface area contributed by atoms with Gasteiger partial charge >= 0.3 is 0 Å². The maximum Gasteiger partial charge on any atom is 0.229 e. The van der Waals surface area contributed by atoms with Gasteiger partial charge in [0.2, 0.25) is 5.91 Å². The fourth-order valence-corrected chi connectivity index (χ4v) is 2.84. The molecule has 1 saturated heterocycles. The van der Waals surface area contributed by atoms with Crippen LogP contribution in [-0.4, -0.2) is 38.3 Å². The quantitative estimate of drug-likeness (QED) is 0.796. The zero-order valence-corrected chi connectivity index (χ0v) is 12.7. The fraction of sp³-hybridized carbons (Fsp3) is 0.250. The molecule has 0 bridgehead atoms. The van der Waals surface area contributed by atoms with Crippen LogP contribution in [0.25, 0.3) is 5.65 Å². The third kappa shape index (κ3) is 2.50. The molecule has 1 aliphatic rings. The topological polar surface area (TPSA) is 75.4 Å². The maximum absolute atomic E-state index is 12.2. The van der Waals surface area contributed by atoms with Crippen LogP contribution in [0.4, 0.5) is 11.5 Å². The van der Waals surface area contributed by atoms with Crippen molar-refractivity contribution < 1.29 is 4.79 Å². The van der Waals surface area contributed by atoms with Gasteiger partial charge in [-0.3, -0.25) is 4.79 Å². The largest absolute Gasteiger partial charge is 0.364 e. The number of nitrogens with one attached hydrogen (secondary N) is 1. The first kappa shape index (κ1) is 13.7. The highest BCUT2D eigenvalue weighted by molar-refractivity contribution is 5.96. The molecule has 3 aromatic rings. The number of benzene rings is 1. The SMILES string of the molecule is Cc1nnc2ccc(NC3CC(=O)N(c4ccccc4)C3)nn12. The van der Waals surface area contributed by atoms with Crippen molar-refractivity contribution in [3.8, 4) is 0 Å². The third-order valence-electron chi connectivity index (χ3n) is 3.96. The fourth-order valence-electron chi connectivity index (χ4n) is 2.84. The van der Waals surface area contributed by atoms with Crippen molar-refractivity contribution in [3.63, 3.8) is 0 Å². The van der Waals surface area contributed by atoms with Crippen LogP contribution in [0.2, 0.25) is 0 Å². The minimum atomic E-state index is 0.0319. The molecule has 1 fully saturated rings. The zero-order valence-electron chi connectivity index (χ0n) is 12.7. The number of aromatic nitrogens is 4. The van der Waals surface area contributed by atoms with Gasteiger partial charge in [-0.2, -0.15) is 4.52 Å². The average Bonchev–Trinajstić information content (AvgIpc) is 3.12. The van der Waals surface area contributed by atoms with E-state index in [4.69, 9.17) is 0 Å². The smallest absolute Gasteiger partial charge is 0.229 e. The minimum absolute atomic E-state index is 0.0319. The molecule has 1 unspecified atom stereocenters. The summed E-state index contributed by atoms with van der Waals surface area (Å²) in [4.78, 5) is 14.0. The molecule has 0 saturated carbocycles. The Morgan fingerprint density at radius 3 is 2.78 bits per heavy atom. The Labute approximate surface area is 132 Å². The van der Waals surface area contributed by atoms with E-state index >= 15 is 0 Å². The zero-order chi connectivity index (χ0) is 15.8. The second kappa shape index (κ2) is 5.35. The Hall–Kier alpha value is -2.96. The first-order valence-electron chi connectivity index (χ1n) is 7.52. The van der Waals surface area contributed by atoms with E-state index in [0.717, 1.165) is 11.5 Å². The number of hydrogen-bond donors (Lipinski definition) is 1. The summed E-state index contributed by atoms with van der Waals surface area (Å²) in [6.45, 7) is 2.48. The van der Waals surface area contributed by atoms with Gasteiger partial charge in [-0.25, -0.2) is 0 Å². The van der Waals surface area contributed by atoms with E-state index in [9.17, 15) is 4.79 Å². The molecule has 1 amide bonds. The maximum atomic E-state index is 12.2.